The Morgan fingerprint density at radius 2 is 1.68 bits per heavy atom. The number of fused-ring (bicyclic) bond motifs is 1. The summed E-state index contributed by atoms with van der Waals surface area (Å²) in [6.45, 7) is 0. The molecule has 2 amide bonds. The van der Waals surface area contributed by atoms with Crippen LogP contribution in [-0.4, -0.2) is 46.2 Å². The van der Waals surface area contributed by atoms with Gasteiger partial charge in [-0.15, -0.1) is 0 Å². The first-order chi connectivity index (χ1) is 21.2. The van der Waals surface area contributed by atoms with Gasteiger partial charge in [-0.3, -0.25) is 24.0 Å². The summed E-state index contributed by atoms with van der Waals surface area (Å²) in [5, 5.41) is 7.11. The number of Topliss-reactive ketones (excluding diaryl/α,β-unsaturated/α-hetero) is 3. The Kier molecular flexibility index (Phi) is 10.5. The summed E-state index contributed by atoms with van der Waals surface area (Å²) in [6.07, 6.45) is 6.60. The molecule has 2 aromatic carbocycles. The molecule has 2 saturated carbocycles. The van der Waals surface area contributed by atoms with Crippen molar-refractivity contribution in [3.8, 4) is 0 Å². The van der Waals surface area contributed by atoms with E-state index in [0.717, 1.165) is 44.1 Å². The monoisotopic (exact) mass is 637 g/mol. The van der Waals surface area contributed by atoms with Crippen LogP contribution in [0.25, 0.3) is 10.9 Å². The molecule has 5 rings (SSSR count). The molecule has 2 fully saturated rings. The lowest BCUT2D eigenvalue weighted by Crippen LogP contribution is -2.52. The Balaban J connectivity index is 1.36. The van der Waals surface area contributed by atoms with Crippen LogP contribution in [0.1, 0.15) is 80.3 Å². The number of carbonyl (C=O) groups excluding carboxylic acids is 5. The Morgan fingerprint density at radius 3 is 2.39 bits per heavy atom. The van der Waals surface area contributed by atoms with E-state index in [2.05, 4.69) is 15.6 Å². The standard InChI is InChI=1S/C34H37Cl2N3O5/c35-23-17-26(36)25-19-28(38-27(25)18-23)31(41)16-22(14-20-8-3-1-4-9-20)33(43)39-29(15-21-10-7-13-30(21)40)32(42)34(44)37-24-11-5-2-6-12-24/h1,3-4,8-9,17-19,21-22,24,29,38H,2,5-7,10-16H2,(H,37,44)(H,39,43)/t21-,22+,29-/m0/s1. The lowest BCUT2D eigenvalue weighted by molar-refractivity contribution is -0.141. The van der Waals surface area contributed by atoms with Crippen molar-refractivity contribution in [3.63, 3.8) is 0 Å². The number of amides is 2. The Bertz CT molecular complexity index is 1550. The van der Waals surface area contributed by atoms with Crippen molar-refractivity contribution in [1.29, 1.82) is 0 Å². The van der Waals surface area contributed by atoms with Crippen LogP contribution in [-0.2, 0) is 25.6 Å². The number of hydrogen-bond acceptors (Lipinski definition) is 5. The average molecular weight is 639 g/mol. The zero-order valence-electron chi connectivity index (χ0n) is 24.5. The number of halogens is 2. The normalized spacial score (nSPS) is 18.6. The van der Waals surface area contributed by atoms with Gasteiger partial charge in [0, 0.05) is 46.6 Å². The molecule has 3 atom stereocenters. The molecule has 0 radical (unpaired) electrons. The summed E-state index contributed by atoms with van der Waals surface area (Å²) in [6, 6.07) is 13.0. The zero-order chi connectivity index (χ0) is 31.2. The summed E-state index contributed by atoms with van der Waals surface area (Å²) in [5.41, 5.74) is 1.73. The first-order valence-corrected chi connectivity index (χ1v) is 16.2. The second-order valence-corrected chi connectivity index (χ2v) is 12.9. The highest BCUT2D eigenvalue weighted by Crippen LogP contribution is 2.30. The van der Waals surface area contributed by atoms with E-state index in [4.69, 9.17) is 23.2 Å². The van der Waals surface area contributed by atoms with Crippen LogP contribution in [0.3, 0.4) is 0 Å². The average Bonchev–Trinajstić information content (AvgIpc) is 3.63. The molecule has 3 N–H and O–H groups in total. The van der Waals surface area contributed by atoms with Crippen molar-refractivity contribution in [2.75, 3.05) is 0 Å². The molecule has 0 saturated heterocycles. The number of ketones is 3. The van der Waals surface area contributed by atoms with E-state index in [9.17, 15) is 24.0 Å². The molecule has 232 valence electrons. The summed E-state index contributed by atoms with van der Waals surface area (Å²) < 4.78 is 0. The van der Waals surface area contributed by atoms with Gasteiger partial charge in [0.1, 0.15) is 5.78 Å². The van der Waals surface area contributed by atoms with Gasteiger partial charge >= 0.3 is 0 Å². The lowest BCUT2D eigenvalue weighted by Gasteiger charge is -2.26. The molecule has 8 nitrogen and oxygen atoms in total. The fourth-order valence-corrected chi connectivity index (χ4v) is 6.95. The molecule has 0 aliphatic heterocycles. The summed E-state index contributed by atoms with van der Waals surface area (Å²) in [4.78, 5) is 69.5. The van der Waals surface area contributed by atoms with E-state index in [1.54, 1.807) is 18.2 Å². The largest absolute Gasteiger partial charge is 0.352 e. The van der Waals surface area contributed by atoms with Crippen molar-refractivity contribution in [3.05, 3.63) is 69.8 Å². The lowest BCUT2D eigenvalue weighted by atomic mass is 9.90. The van der Waals surface area contributed by atoms with Gasteiger partial charge in [-0.05, 0) is 62.3 Å². The summed E-state index contributed by atoms with van der Waals surface area (Å²) >= 11 is 12.5. The Labute approximate surface area is 266 Å². The molecular weight excluding hydrogens is 601 g/mol. The second kappa shape index (κ2) is 14.5. The molecule has 2 aliphatic rings. The molecule has 0 bridgehead atoms. The van der Waals surface area contributed by atoms with Crippen molar-refractivity contribution in [2.45, 2.75) is 82.7 Å². The number of aromatic amines is 1. The smallest absolute Gasteiger partial charge is 0.289 e. The third-order valence-electron chi connectivity index (χ3n) is 8.83. The number of carbonyl (C=O) groups is 5. The Morgan fingerprint density at radius 1 is 0.932 bits per heavy atom. The predicted octanol–water partition coefficient (Wildman–Crippen LogP) is 6.17. The highest BCUT2D eigenvalue weighted by molar-refractivity contribution is 6.39. The second-order valence-electron chi connectivity index (χ2n) is 12.1. The maximum atomic E-state index is 13.9. The SMILES string of the molecule is O=C(NC1CCCCC1)C(=O)[C@H](C[C@@H]1CCCC1=O)NC(=O)[C@@H](CC(=O)c1cc2c(Cl)cc(Cl)cc2[nH]1)Cc1ccccc1. The topological polar surface area (TPSA) is 125 Å². The molecule has 3 aromatic rings. The minimum Gasteiger partial charge on any atom is -0.352 e. The first kappa shape index (κ1) is 31.9. The van der Waals surface area contributed by atoms with E-state index in [1.165, 1.54) is 0 Å². The predicted molar refractivity (Wildman–Crippen MR) is 170 cm³/mol. The number of aromatic nitrogens is 1. The van der Waals surface area contributed by atoms with Gasteiger partial charge in [-0.25, -0.2) is 0 Å². The number of nitrogens with one attached hydrogen (secondary N) is 3. The van der Waals surface area contributed by atoms with Gasteiger partial charge in [0.25, 0.3) is 5.91 Å². The van der Waals surface area contributed by atoms with Crippen LogP contribution < -0.4 is 10.6 Å². The third kappa shape index (κ3) is 7.96. The fraction of sp³-hybridized carbons (Fsp3) is 0.441. The van der Waals surface area contributed by atoms with E-state index in [1.807, 2.05) is 30.3 Å². The molecule has 44 heavy (non-hydrogen) atoms. The van der Waals surface area contributed by atoms with Gasteiger partial charge in [0.2, 0.25) is 11.7 Å². The number of hydrogen-bond donors (Lipinski definition) is 3. The minimum atomic E-state index is -1.17. The third-order valence-corrected chi connectivity index (χ3v) is 9.36. The van der Waals surface area contributed by atoms with Gasteiger partial charge in [0.15, 0.2) is 5.78 Å². The van der Waals surface area contributed by atoms with Crippen LogP contribution >= 0.6 is 23.2 Å². The van der Waals surface area contributed by atoms with Crippen molar-refractivity contribution in [1.82, 2.24) is 15.6 Å². The van der Waals surface area contributed by atoms with Crippen molar-refractivity contribution in [2.24, 2.45) is 11.8 Å². The van der Waals surface area contributed by atoms with Gasteiger partial charge < -0.3 is 15.6 Å². The summed E-state index contributed by atoms with van der Waals surface area (Å²) in [5.74, 6) is -3.52. The quantitative estimate of drug-likeness (QED) is 0.162. The maximum absolute atomic E-state index is 13.9. The van der Waals surface area contributed by atoms with Gasteiger partial charge in [-0.2, -0.15) is 0 Å². The van der Waals surface area contributed by atoms with E-state index < -0.39 is 35.5 Å². The number of rotatable bonds is 12. The van der Waals surface area contributed by atoms with Crippen LogP contribution in [0.5, 0.6) is 0 Å². The van der Waals surface area contributed by atoms with Crippen LogP contribution in [0.4, 0.5) is 0 Å². The van der Waals surface area contributed by atoms with Gasteiger partial charge in [0.05, 0.1) is 16.8 Å². The van der Waals surface area contributed by atoms with Crippen LogP contribution in [0.15, 0.2) is 48.5 Å². The maximum Gasteiger partial charge on any atom is 0.289 e. The molecular formula is C34H37Cl2N3O5. The van der Waals surface area contributed by atoms with Crippen molar-refractivity contribution >= 4 is 63.3 Å². The number of benzene rings is 2. The summed E-state index contributed by atoms with van der Waals surface area (Å²) in [7, 11) is 0. The molecule has 1 heterocycles. The molecule has 1 aromatic heterocycles. The minimum absolute atomic E-state index is 0.0401. The molecule has 10 heteroatoms. The fourth-order valence-electron chi connectivity index (χ4n) is 6.40. The number of H-pyrrole nitrogens is 1. The highest BCUT2D eigenvalue weighted by atomic mass is 35.5. The molecule has 0 spiro atoms. The van der Waals surface area contributed by atoms with E-state index in [0.29, 0.717) is 33.8 Å². The Hall–Kier alpha value is -3.49. The molecule has 2 aliphatic carbocycles. The van der Waals surface area contributed by atoms with Crippen LogP contribution in [0.2, 0.25) is 10.0 Å². The zero-order valence-corrected chi connectivity index (χ0v) is 26.0. The van der Waals surface area contributed by atoms with Crippen LogP contribution in [0, 0.1) is 11.8 Å². The molecule has 0 unspecified atom stereocenters. The highest BCUT2D eigenvalue weighted by Gasteiger charge is 2.36. The first-order valence-electron chi connectivity index (χ1n) is 15.4. The van der Waals surface area contributed by atoms with E-state index in [-0.39, 0.29) is 42.6 Å². The van der Waals surface area contributed by atoms with Gasteiger partial charge in [-0.1, -0.05) is 72.8 Å². The van der Waals surface area contributed by atoms with Crippen molar-refractivity contribution < 1.29 is 24.0 Å². The van der Waals surface area contributed by atoms with E-state index >= 15 is 0 Å².